The van der Waals surface area contributed by atoms with Crippen molar-refractivity contribution >= 4 is 23.0 Å². The fourth-order valence-corrected chi connectivity index (χ4v) is 5.13. The predicted octanol–water partition coefficient (Wildman–Crippen LogP) is 5.15. The molecule has 2 aliphatic rings. The molecule has 196 valence electrons. The monoisotopic (exact) mass is 505 g/mol. The number of aromatic amines is 1. The van der Waals surface area contributed by atoms with Crippen LogP contribution in [0.25, 0.3) is 22.3 Å². The second-order valence-electron chi connectivity index (χ2n) is 10.7. The summed E-state index contributed by atoms with van der Waals surface area (Å²) in [5, 5.41) is 14.6. The Morgan fingerprint density at radius 3 is 2.43 bits per heavy atom. The van der Waals surface area contributed by atoms with Gasteiger partial charge in [-0.05, 0) is 75.0 Å². The average Bonchev–Trinajstić information content (AvgIpc) is 3.63. The van der Waals surface area contributed by atoms with Crippen LogP contribution in [-0.4, -0.2) is 50.7 Å². The molecule has 9 heteroatoms. The molecule has 5 rings (SSSR count). The van der Waals surface area contributed by atoms with Crippen LogP contribution in [0, 0.1) is 12.8 Å². The highest BCUT2D eigenvalue weighted by molar-refractivity contribution is 6.09. The van der Waals surface area contributed by atoms with E-state index in [0.717, 1.165) is 41.1 Å². The number of carboxylic acid groups (broad SMARTS) is 1. The third-order valence-electron chi connectivity index (χ3n) is 7.49. The van der Waals surface area contributed by atoms with E-state index in [-0.39, 0.29) is 18.0 Å². The summed E-state index contributed by atoms with van der Waals surface area (Å²) >= 11 is 0. The summed E-state index contributed by atoms with van der Waals surface area (Å²) in [6.07, 6.45) is 5.78. The van der Waals surface area contributed by atoms with Gasteiger partial charge in [0.25, 0.3) is 5.91 Å². The number of carbonyl (C=O) groups excluding carboxylic acids is 1. The van der Waals surface area contributed by atoms with Gasteiger partial charge in [0, 0.05) is 23.3 Å². The van der Waals surface area contributed by atoms with E-state index in [0.29, 0.717) is 42.4 Å². The van der Waals surface area contributed by atoms with Crippen molar-refractivity contribution in [1.29, 1.82) is 0 Å². The van der Waals surface area contributed by atoms with Gasteiger partial charge in [0.15, 0.2) is 0 Å². The normalized spacial score (nSPS) is 19.7. The highest BCUT2D eigenvalue weighted by Gasteiger charge is 2.27. The van der Waals surface area contributed by atoms with Crippen molar-refractivity contribution in [1.82, 2.24) is 25.6 Å². The van der Waals surface area contributed by atoms with Crippen molar-refractivity contribution in [3.63, 3.8) is 0 Å². The summed E-state index contributed by atoms with van der Waals surface area (Å²) < 4.78 is 6.22. The zero-order valence-electron chi connectivity index (χ0n) is 21.6. The van der Waals surface area contributed by atoms with Crippen LogP contribution in [0.4, 0.5) is 4.79 Å². The molecule has 3 aromatic rings. The topological polar surface area (TPSA) is 129 Å². The van der Waals surface area contributed by atoms with Gasteiger partial charge in [-0.3, -0.25) is 4.79 Å². The maximum absolute atomic E-state index is 13.4. The first kappa shape index (κ1) is 25.0. The van der Waals surface area contributed by atoms with Gasteiger partial charge >= 0.3 is 6.09 Å². The van der Waals surface area contributed by atoms with Crippen molar-refractivity contribution in [3.05, 3.63) is 41.3 Å². The number of aromatic nitrogens is 3. The van der Waals surface area contributed by atoms with Crippen molar-refractivity contribution in [2.75, 3.05) is 6.61 Å². The third-order valence-corrected chi connectivity index (χ3v) is 7.49. The number of hydrogen-bond donors (Lipinski definition) is 4. The maximum atomic E-state index is 13.4. The Balaban J connectivity index is 1.43. The van der Waals surface area contributed by atoms with E-state index in [1.54, 1.807) is 0 Å². The minimum atomic E-state index is -1.00. The smallest absolute Gasteiger partial charge is 0.404 e. The largest absolute Gasteiger partial charge is 0.493 e. The molecule has 2 fully saturated rings. The first-order chi connectivity index (χ1) is 17.8. The van der Waals surface area contributed by atoms with E-state index < -0.39 is 6.09 Å². The molecule has 2 heterocycles. The van der Waals surface area contributed by atoms with E-state index in [2.05, 4.69) is 51.6 Å². The molecule has 4 N–H and O–H groups in total. The van der Waals surface area contributed by atoms with Crippen LogP contribution in [0.2, 0.25) is 0 Å². The minimum absolute atomic E-state index is 0.00449. The third kappa shape index (κ3) is 5.55. The fourth-order valence-electron chi connectivity index (χ4n) is 5.13. The molecule has 9 nitrogen and oxygen atoms in total. The molecule has 37 heavy (non-hydrogen) atoms. The number of ether oxygens (including phenoxy) is 1. The Hall–Kier alpha value is -3.62. The molecule has 1 aromatic carbocycles. The van der Waals surface area contributed by atoms with Gasteiger partial charge in [-0.2, -0.15) is 0 Å². The number of amides is 2. The number of H-pyrrole nitrogens is 1. The number of rotatable bonds is 8. The van der Waals surface area contributed by atoms with Gasteiger partial charge < -0.3 is 25.5 Å². The molecular weight excluding hydrogens is 470 g/mol. The second-order valence-corrected chi connectivity index (χ2v) is 10.7. The van der Waals surface area contributed by atoms with Crippen LogP contribution >= 0.6 is 0 Å². The number of benzene rings is 1. The number of nitrogens with one attached hydrogen (secondary N) is 3. The molecule has 0 aliphatic heterocycles. The predicted molar refractivity (Wildman–Crippen MR) is 141 cm³/mol. The van der Waals surface area contributed by atoms with Crippen molar-refractivity contribution < 1.29 is 19.4 Å². The number of aryl methyl sites for hydroxylation is 1. The quantitative estimate of drug-likeness (QED) is 0.335. The summed E-state index contributed by atoms with van der Waals surface area (Å²) in [5.74, 6) is 1.59. The van der Waals surface area contributed by atoms with Gasteiger partial charge in [0.05, 0.1) is 17.7 Å². The molecule has 2 aliphatic carbocycles. The number of fused-ring (bicyclic) bond motifs is 1. The minimum Gasteiger partial charge on any atom is -0.493 e. The SMILES string of the molecule is Cc1[nH]c2c(-c3cc(C(C)C)ccc3OCC3CC3)ncnc2c1C(=O)N[C@H]1CC[C@H](NC(=O)O)CC1. The molecule has 2 aromatic heterocycles. The average molecular weight is 506 g/mol. The zero-order valence-corrected chi connectivity index (χ0v) is 21.6. The highest BCUT2D eigenvalue weighted by atomic mass is 16.5. The van der Waals surface area contributed by atoms with Gasteiger partial charge in [-0.15, -0.1) is 0 Å². The van der Waals surface area contributed by atoms with Crippen LogP contribution < -0.4 is 15.4 Å². The Bertz CT molecular complexity index is 1310. The van der Waals surface area contributed by atoms with E-state index >= 15 is 0 Å². The zero-order chi connectivity index (χ0) is 26.1. The molecule has 0 radical (unpaired) electrons. The first-order valence-corrected chi connectivity index (χ1v) is 13.2. The Labute approximate surface area is 216 Å². The molecule has 0 atom stereocenters. The van der Waals surface area contributed by atoms with Gasteiger partial charge in [-0.25, -0.2) is 14.8 Å². The second kappa shape index (κ2) is 10.4. The van der Waals surface area contributed by atoms with E-state index in [1.807, 2.05) is 13.0 Å². The lowest BCUT2D eigenvalue weighted by atomic mass is 9.91. The summed E-state index contributed by atoms with van der Waals surface area (Å²) in [4.78, 5) is 36.8. The van der Waals surface area contributed by atoms with Gasteiger partial charge in [0.2, 0.25) is 0 Å². The Morgan fingerprint density at radius 1 is 1.08 bits per heavy atom. The molecule has 0 saturated heterocycles. The summed E-state index contributed by atoms with van der Waals surface area (Å²) in [5.41, 5.74) is 5.37. The molecule has 0 unspecified atom stereocenters. The lowest BCUT2D eigenvalue weighted by Crippen LogP contribution is -2.43. The lowest BCUT2D eigenvalue weighted by molar-refractivity contribution is 0.0924. The van der Waals surface area contributed by atoms with Crippen molar-refractivity contribution in [2.45, 2.75) is 77.3 Å². The van der Waals surface area contributed by atoms with Crippen LogP contribution in [0.3, 0.4) is 0 Å². The van der Waals surface area contributed by atoms with Crippen LogP contribution in [0.15, 0.2) is 24.5 Å². The van der Waals surface area contributed by atoms with E-state index in [1.165, 1.54) is 24.7 Å². The van der Waals surface area contributed by atoms with E-state index in [9.17, 15) is 9.59 Å². The van der Waals surface area contributed by atoms with Crippen LogP contribution in [-0.2, 0) is 0 Å². The lowest BCUT2D eigenvalue weighted by Gasteiger charge is -2.28. The van der Waals surface area contributed by atoms with Crippen molar-refractivity contribution in [2.24, 2.45) is 5.92 Å². The van der Waals surface area contributed by atoms with Crippen molar-refractivity contribution in [3.8, 4) is 17.0 Å². The molecule has 2 amide bonds. The Morgan fingerprint density at radius 2 is 1.78 bits per heavy atom. The summed E-state index contributed by atoms with van der Waals surface area (Å²) in [7, 11) is 0. The molecule has 0 spiro atoms. The van der Waals surface area contributed by atoms with Crippen LogP contribution in [0.1, 0.15) is 79.9 Å². The Kier molecular flexibility index (Phi) is 7.04. The fraction of sp³-hybridized carbons (Fsp3) is 0.500. The number of carbonyl (C=O) groups is 2. The molecule has 0 bridgehead atoms. The molecule has 2 saturated carbocycles. The van der Waals surface area contributed by atoms with E-state index in [4.69, 9.17) is 9.84 Å². The number of nitrogens with zero attached hydrogens (tertiary/aromatic N) is 2. The number of hydrogen-bond acceptors (Lipinski definition) is 5. The van der Waals surface area contributed by atoms with Gasteiger partial charge in [-0.1, -0.05) is 19.9 Å². The summed E-state index contributed by atoms with van der Waals surface area (Å²) in [6.45, 7) is 6.89. The standard InChI is InChI=1S/C28H35N5O4/c1-15(2)18-6-11-22(37-13-17-4-5-17)21(12-18)24-26-25(30-14-29-24)23(16(3)31-26)27(34)32-19-7-9-20(10-8-19)33-28(35)36/h6,11-12,14-15,17,19-20,31,33H,4-5,7-10,13H2,1-3H3,(H,32,34)(H,35,36)/t19-,20-. The molecular formula is C28H35N5O4. The highest BCUT2D eigenvalue weighted by Crippen LogP contribution is 2.38. The van der Waals surface area contributed by atoms with Crippen LogP contribution in [0.5, 0.6) is 5.75 Å². The summed E-state index contributed by atoms with van der Waals surface area (Å²) in [6, 6.07) is 6.20. The maximum Gasteiger partial charge on any atom is 0.404 e. The van der Waals surface area contributed by atoms with Gasteiger partial charge in [0.1, 0.15) is 23.3 Å². The first-order valence-electron chi connectivity index (χ1n) is 13.2.